The summed E-state index contributed by atoms with van der Waals surface area (Å²) in [6, 6.07) is 2.19. The van der Waals surface area contributed by atoms with Gasteiger partial charge in [0.1, 0.15) is 11.6 Å². The van der Waals surface area contributed by atoms with Crippen molar-refractivity contribution in [2.75, 3.05) is 51.2 Å². The maximum Gasteiger partial charge on any atom is 0.236 e. The average Bonchev–Trinajstić information content (AvgIpc) is 3.15. The van der Waals surface area contributed by atoms with Gasteiger partial charge in [0.25, 0.3) is 0 Å². The van der Waals surface area contributed by atoms with Gasteiger partial charge in [-0.25, -0.2) is 9.97 Å². The number of carbonyl (C=O) groups is 1. The van der Waals surface area contributed by atoms with E-state index < -0.39 is 0 Å². The molecule has 1 amide bonds. The standard InChI is InChI=1S/C19H31N5O/c1-4-22(3)19(25)14-23-9-7-8-16(13-23)17-12-18(21-15(2)20-17)24-10-5-6-11-24/h12,16H,4-11,13-14H2,1-3H3/t16-/m0/s1. The van der Waals surface area contributed by atoms with Gasteiger partial charge in [0.05, 0.1) is 12.2 Å². The molecule has 0 saturated carbocycles. The van der Waals surface area contributed by atoms with Crippen LogP contribution in [0, 0.1) is 6.92 Å². The van der Waals surface area contributed by atoms with E-state index in [1.807, 2.05) is 20.9 Å². The zero-order valence-electron chi connectivity index (χ0n) is 15.9. The lowest BCUT2D eigenvalue weighted by Crippen LogP contribution is -2.42. The first kappa shape index (κ1) is 18.1. The number of likely N-dealkylation sites (tertiary alicyclic amines) is 1. The molecule has 0 N–H and O–H groups in total. The highest BCUT2D eigenvalue weighted by Crippen LogP contribution is 2.28. The first-order valence-corrected chi connectivity index (χ1v) is 9.63. The number of nitrogens with zero attached hydrogens (tertiary/aromatic N) is 5. The molecule has 0 aromatic carbocycles. The lowest BCUT2D eigenvalue weighted by molar-refractivity contribution is -0.131. The summed E-state index contributed by atoms with van der Waals surface area (Å²) in [5, 5.41) is 0. The number of hydrogen-bond acceptors (Lipinski definition) is 5. The summed E-state index contributed by atoms with van der Waals surface area (Å²) >= 11 is 0. The molecule has 2 aliphatic rings. The Morgan fingerprint density at radius 1 is 1.24 bits per heavy atom. The van der Waals surface area contributed by atoms with Crippen LogP contribution in [-0.2, 0) is 4.79 Å². The van der Waals surface area contributed by atoms with Gasteiger partial charge < -0.3 is 9.80 Å². The molecule has 2 saturated heterocycles. The first-order chi connectivity index (χ1) is 12.1. The fourth-order valence-corrected chi connectivity index (χ4v) is 3.82. The Morgan fingerprint density at radius 3 is 2.72 bits per heavy atom. The zero-order chi connectivity index (χ0) is 17.8. The first-order valence-electron chi connectivity index (χ1n) is 9.63. The van der Waals surface area contributed by atoms with E-state index in [2.05, 4.69) is 20.9 Å². The predicted molar refractivity (Wildman–Crippen MR) is 99.9 cm³/mol. The van der Waals surface area contributed by atoms with Crippen molar-refractivity contribution >= 4 is 11.7 Å². The average molecular weight is 345 g/mol. The lowest BCUT2D eigenvalue weighted by Gasteiger charge is -2.33. The van der Waals surface area contributed by atoms with Gasteiger partial charge in [-0.1, -0.05) is 0 Å². The van der Waals surface area contributed by atoms with E-state index in [0.29, 0.717) is 12.5 Å². The number of amides is 1. The van der Waals surface area contributed by atoms with Crippen LogP contribution in [0.3, 0.4) is 0 Å². The second-order valence-electron chi connectivity index (χ2n) is 7.37. The van der Waals surface area contributed by atoms with Crippen LogP contribution in [0.4, 0.5) is 5.82 Å². The highest BCUT2D eigenvalue weighted by molar-refractivity contribution is 5.77. The van der Waals surface area contributed by atoms with Crippen LogP contribution in [0.1, 0.15) is 50.0 Å². The van der Waals surface area contributed by atoms with Crippen LogP contribution >= 0.6 is 0 Å². The third-order valence-corrected chi connectivity index (χ3v) is 5.46. The molecular weight excluding hydrogens is 314 g/mol. The van der Waals surface area contributed by atoms with E-state index in [1.54, 1.807) is 4.90 Å². The summed E-state index contributed by atoms with van der Waals surface area (Å²) in [6.45, 7) is 9.41. The van der Waals surface area contributed by atoms with Crippen molar-refractivity contribution in [2.24, 2.45) is 0 Å². The van der Waals surface area contributed by atoms with Crippen molar-refractivity contribution in [3.63, 3.8) is 0 Å². The largest absolute Gasteiger partial charge is 0.357 e. The molecule has 0 aliphatic carbocycles. The van der Waals surface area contributed by atoms with Gasteiger partial charge in [-0.2, -0.15) is 0 Å². The molecule has 1 atom stereocenters. The number of likely N-dealkylation sites (N-methyl/N-ethyl adjacent to an activating group) is 1. The molecule has 0 radical (unpaired) electrons. The molecule has 138 valence electrons. The van der Waals surface area contributed by atoms with Gasteiger partial charge >= 0.3 is 0 Å². The Labute approximate surface area is 151 Å². The summed E-state index contributed by atoms with van der Waals surface area (Å²) in [6.07, 6.45) is 4.77. The lowest BCUT2D eigenvalue weighted by atomic mass is 9.94. The van der Waals surface area contributed by atoms with Crippen molar-refractivity contribution in [2.45, 2.75) is 45.4 Å². The van der Waals surface area contributed by atoms with Crippen LogP contribution in [0.5, 0.6) is 0 Å². The van der Waals surface area contributed by atoms with Gasteiger partial charge in [-0.05, 0) is 46.1 Å². The monoisotopic (exact) mass is 345 g/mol. The van der Waals surface area contributed by atoms with Crippen molar-refractivity contribution < 1.29 is 4.79 Å². The Kier molecular flexibility index (Phi) is 5.89. The molecule has 3 rings (SSSR count). The van der Waals surface area contributed by atoms with Crippen molar-refractivity contribution in [3.8, 4) is 0 Å². The van der Waals surface area contributed by atoms with Crippen LogP contribution in [-0.4, -0.2) is 72.0 Å². The Balaban J connectivity index is 1.69. The maximum absolute atomic E-state index is 12.2. The van der Waals surface area contributed by atoms with Gasteiger partial charge in [0.2, 0.25) is 5.91 Å². The highest BCUT2D eigenvalue weighted by Gasteiger charge is 2.26. The molecule has 1 aromatic rings. The second-order valence-corrected chi connectivity index (χ2v) is 7.37. The van der Waals surface area contributed by atoms with Crippen molar-refractivity contribution in [1.82, 2.24) is 19.8 Å². The Hall–Kier alpha value is -1.69. The third-order valence-electron chi connectivity index (χ3n) is 5.46. The molecule has 0 spiro atoms. The Bertz CT molecular complexity index is 599. The summed E-state index contributed by atoms with van der Waals surface area (Å²) in [5.74, 6) is 2.55. The number of aryl methyl sites for hydroxylation is 1. The molecule has 25 heavy (non-hydrogen) atoms. The second kappa shape index (κ2) is 8.13. The molecule has 6 heteroatoms. The van der Waals surface area contributed by atoms with Gasteiger partial charge in [-0.15, -0.1) is 0 Å². The molecule has 3 heterocycles. The molecule has 0 unspecified atom stereocenters. The SMILES string of the molecule is CCN(C)C(=O)CN1CCC[C@H](c2cc(N3CCCC3)nc(C)n2)C1. The van der Waals surface area contributed by atoms with Crippen molar-refractivity contribution in [1.29, 1.82) is 0 Å². The number of rotatable bonds is 5. The van der Waals surface area contributed by atoms with E-state index in [4.69, 9.17) is 4.98 Å². The fourth-order valence-electron chi connectivity index (χ4n) is 3.82. The number of carbonyl (C=O) groups excluding carboxylic acids is 1. The van der Waals surface area contributed by atoms with E-state index >= 15 is 0 Å². The Morgan fingerprint density at radius 2 is 2.00 bits per heavy atom. The minimum absolute atomic E-state index is 0.208. The van der Waals surface area contributed by atoms with E-state index in [0.717, 1.165) is 62.9 Å². The normalized spacial score (nSPS) is 21.6. The molecule has 2 fully saturated rings. The highest BCUT2D eigenvalue weighted by atomic mass is 16.2. The molecule has 6 nitrogen and oxygen atoms in total. The van der Waals surface area contributed by atoms with Crippen LogP contribution in [0.2, 0.25) is 0 Å². The van der Waals surface area contributed by atoms with E-state index in [9.17, 15) is 4.79 Å². The summed E-state index contributed by atoms with van der Waals surface area (Å²) < 4.78 is 0. The topological polar surface area (TPSA) is 52.6 Å². The predicted octanol–water partition coefficient (Wildman–Crippen LogP) is 2.04. The minimum Gasteiger partial charge on any atom is -0.357 e. The molecule has 2 aliphatic heterocycles. The number of hydrogen-bond donors (Lipinski definition) is 0. The molecular formula is C19H31N5O. The van der Waals surface area contributed by atoms with Gasteiger partial charge in [0, 0.05) is 45.2 Å². The summed E-state index contributed by atoms with van der Waals surface area (Å²) in [5.41, 5.74) is 1.15. The van der Waals surface area contributed by atoms with Gasteiger partial charge in [0.15, 0.2) is 0 Å². The van der Waals surface area contributed by atoms with Crippen molar-refractivity contribution in [3.05, 3.63) is 17.6 Å². The number of piperidine rings is 1. The number of anilines is 1. The van der Waals surface area contributed by atoms with Crippen LogP contribution in [0.25, 0.3) is 0 Å². The smallest absolute Gasteiger partial charge is 0.236 e. The minimum atomic E-state index is 0.208. The van der Waals surface area contributed by atoms with Crippen LogP contribution < -0.4 is 4.90 Å². The van der Waals surface area contributed by atoms with Crippen LogP contribution in [0.15, 0.2) is 6.07 Å². The quantitative estimate of drug-likeness (QED) is 0.817. The summed E-state index contributed by atoms with van der Waals surface area (Å²) in [7, 11) is 1.87. The molecule has 0 bridgehead atoms. The van der Waals surface area contributed by atoms with E-state index in [1.165, 1.54) is 12.8 Å². The fraction of sp³-hybridized carbons (Fsp3) is 0.737. The maximum atomic E-state index is 12.2. The van der Waals surface area contributed by atoms with Gasteiger partial charge in [-0.3, -0.25) is 9.69 Å². The number of aromatic nitrogens is 2. The third kappa shape index (κ3) is 4.48. The van der Waals surface area contributed by atoms with E-state index in [-0.39, 0.29) is 5.91 Å². The summed E-state index contributed by atoms with van der Waals surface area (Å²) in [4.78, 5) is 28.1. The molecule has 1 aromatic heterocycles. The zero-order valence-corrected chi connectivity index (χ0v) is 15.9.